The largest absolute Gasteiger partial charge is 0.478 e. The van der Waals surface area contributed by atoms with Crippen molar-refractivity contribution in [2.24, 2.45) is 0 Å². The maximum absolute atomic E-state index is 9.13. The van der Waals surface area contributed by atoms with Crippen LogP contribution >= 0.6 is 23.2 Å². The summed E-state index contributed by atoms with van der Waals surface area (Å²) in [5.41, 5.74) is 7.88. The van der Waals surface area contributed by atoms with E-state index in [4.69, 9.17) is 38.3 Å². The number of aliphatic hydroxyl groups is 1. The maximum atomic E-state index is 9.13. The quantitative estimate of drug-likeness (QED) is 0.553. The van der Waals surface area contributed by atoms with Crippen LogP contribution in [-0.2, 0) is 6.54 Å². The predicted molar refractivity (Wildman–Crippen MR) is 104 cm³/mol. The van der Waals surface area contributed by atoms with Crippen molar-refractivity contribution in [2.75, 3.05) is 26.3 Å². The van der Waals surface area contributed by atoms with Gasteiger partial charge >= 0.3 is 0 Å². The van der Waals surface area contributed by atoms with Gasteiger partial charge in [0.15, 0.2) is 12.4 Å². The monoisotopic (exact) mass is 421 g/mol. The number of benzene rings is 1. The minimum atomic E-state index is -0.106. The van der Waals surface area contributed by atoms with Gasteiger partial charge in [0.2, 0.25) is 0 Å². The minimum absolute atomic E-state index is 0.0430. The molecule has 9 nitrogen and oxygen atoms in total. The first-order valence-electron chi connectivity index (χ1n) is 8.63. The summed E-state index contributed by atoms with van der Waals surface area (Å²) >= 11 is 12.9. The van der Waals surface area contributed by atoms with Gasteiger partial charge in [-0.2, -0.15) is 5.26 Å². The summed E-state index contributed by atoms with van der Waals surface area (Å²) in [7, 11) is 0. The molecular formula is C17H17Cl2N7O2. The van der Waals surface area contributed by atoms with Crippen LogP contribution in [0.4, 0.5) is 0 Å². The zero-order valence-corrected chi connectivity index (χ0v) is 16.2. The number of aliphatic hydroxyl groups excluding tert-OH is 1. The van der Waals surface area contributed by atoms with Crippen molar-refractivity contribution in [3.63, 3.8) is 0 Å². The summed E-state index contributed by atoms with van der Waals surface area (Å²) < 4.78 is 9.03. The Hall–Kier alpha value is -2.35. The number of ether oxygens (including phenoxy) is 1. The molecule has 0 aliphatic carbocycles. The number of nitrogens with one attached hydrogen (secondary N) is 2. The van der Waals surface area contributed by atoms with Crippen LogP contribution in [0.5, 0.6) is 5.75 Å². The van der Waals surface area contributed by atoms with Crippen LogP contribution in [0.3, 0.4) is 0 Å². The van der Waals surface area contributed by atoms with Crippen LogP contribution in [0.25, 0.3) is 16.7 Å². The molecule has 3 N–H and O–H groups in total. The zero-order chi connectivity index (χ0) is 19.7. The summed E-state index contributed by atoms with van der Waals surface area (Å²) in [4.78, 5) is 0. The molecule has 0 spiro atoms. The zero-order valence-electron chi connectivity index (χ0n) is 14.7. The number of rotatable bonds is 6. The Kier molecular flexibility index (Phi) is 5.39. The second-order valence-corrected chi connectivity index (χ2v) is 7.10. The van der Waals surface area contributed by atoms with E-state index in [0.29, 0.717) is 33.7 Å². The molecule has 0 bridgehead atoms. The fourth-order valence-corrected chi connectivity index (χ4v) is 3.80. The molecule has 4 rings (SSSR count). The Labute approximate surface area is 170 Å². The van der Waals surface area contributed by atoms with Crippen LogP contribution in [0.2, 0.25) is 10.0 Å². The lowest BCUT2D eigenvalue weighted by Gasteiger charge is -2.11. The van der Waals surface area contributed by atoms with Crippen LogP contribution < -0.4 is 15.6 Å². The summed E-state index contributed by atoms with van der Waals surface area (Å²) in [5, 5.41) is 27.8. The molecule has 1 aromatic carbocycles. The second-order valence-electron chi connectivity index (χ2n) is 6.32. The molecule has 11 heteroatoms. The first-order valence-corrected chi connectivity index (χ1v) is 9.39. The van der Waals surface area contributed by atoms with Crippen LogP contribution in [0.1, 0.15) is 11.5 Å². The summed E-state index contributed by atoms with van der Waals surface area (Å²) in [6, 6.07) is 3.62. The highest BCUT2D eigenvalue weighted by molar-refractivity contribution is 6.45. The average molecular weight is 422 g/mol. The third kappa shape index (κ3) is 3.30. The number of hydrazine groups is 1. The first-order chi connectivity index (χ1) is 13.6. The molecule has 1 fully saturated rings. The number of aromatic nitrogens is 4. The number of nitrogens with zero attached hydrogens (tertiary/aromatic N) is 5. The molecule has 146 valence electrons. The molecule has 0 saturated carbocycles. The lowest BCUT2D eigenvalue weighted by atomic mass is 9.99. The van der Waals surface area contributed by atoms with E-state index in [2.05, 4.69) is 21.2 Å². The van der Waals surface area contributed by atoms with E-state index >= 15 is 0 Å². The Morgan fingerprint density at radius 2 is 2.11 bits per heavy atom. The minimum Gasteiger partial charge on any atom is -0.478 e. The van der Waals surface area contributed by atoms with Gasteiger partial charge in [-0.25, -0.2) is 4.68 Å². The highest BCUT2D eigenvalue weighted by atomic mass is 35.5. The van der Waals surface area contributed by atoms with Crippen LogP contribution in [-0.4, -0.2) is 51.0 Å². The van der Waals surface area contributed by atoms with E-state index in [0.717, 1.165) is 24.0 Å². The van der Waals surface area contributed by atoms with Gasteiger partial charge in [0.25, 0.3) is 0 Å². The third-order valence-corrected chi connectivity index (χ3v) is 5.39. The van der Waals surface area contributed by atoms with Crippen molar-refractivity contribution in [3.8, 4) is 17.6 Å². The topological polar surface area (TPSA) is 113 Å². The van der Waals surface area contributed by atoms with Crippen molar-refractivity contribution >= 4 is 34.1 Å². The van der Waals surface area contributed by atoms with Gasteiger partial charge < -0.3 is 9.84 Å². The Morgan fingerprint density at radius 1 is 1.32 bits per heavy atom. The highest BCUT2D eigenvalue weighted by Gasteiger charge is 2.27. The number of fused-ring (bicyclic) bond motifs is 1. The van der Waals surface area contributed by atoms with Crippen molar-refractivity contribution in [1.82, 2.24) is 30.4 Å². The highest BCUT2D eigenvalue weighted by Crippen LogP contribution is 2.43. The van der Waals surface area contributed by atoms with E-state index in [1.54, 1.807) is 16.9 Å². The van der Waals surface area contributed by atoms with Gasteiger partial charge in [0.1, 0.15) is 11.8 Å². The molecule has 28 heavy (non-hydrogen) atoms. The average Bonchev–Trinajstić information content (AvgIpc) is 3.42. The van der Waals surface area contributed by atoms with Gasteiger partial charge in [-0.3, -0.25) is 15.4 Å². The van der Waals surface area contributed by atoms with E-state index < -0.39 is 0 Å². The lowest BCUT2D eigenvalue weighted by Crippen LogP contribution is -2.21. The fourth-order valence-electron chi connectivity index (χ4n) is 3.37. The molecule has 3 aromatic rings. The Balaban J connectivity index is 1.96. The SMILES string of the molecule is N#CCOc1cc(Cl)c(Cl)c2c1c(C1CNNC1)cn2-c1cn(CCO)nn1. The number of hydrogen-bond acceptors (Lipinski definition) is 7. The van der Waals surface area contributed by atoms with Crippen molar-refractivity contribution < 1.29 is 9.84 Å². The van der Waals surface area contributed by atoms with Gasteiger partial charge in [-0.1, -0.05) is 28.4 Å². The van der Waals surface area contributed by atoms with Crippen LogP contribution in [0, 0.1) is 11.3 Å². The Morgan fingerprint density at radius 3 is 2.82 bits per heavy atom. The molecular weight excluding hydrogens is 405 g/mol. The molecule has 2 aromatic heterocycles. The van der Waals surface area contributed by atoms with Gasteiger partial charge in [0, 0.05) is 36.7 Å². The van der Waals surface area contributed by atoms with E-state index in [1.165, 1.54) is 0 Å². The van der Waals surface area contributed by atoms with E-state index in [9.17, 15) is 0 Å². The maximum Gasteiger partial charge on any atom is 0.179 e. The standard InChI is InChI=1S/C17H17Cl2N7O2/c18-12-5-13(28-4-1-20)15-11(10-6-21-22-7-10)8-26(17(15)16(12)19)14-9-25(2-3-27)24-23-14/h5,8-10,21-22,27H,2-4,6-7H2. The predicted octanol–water partition coefficient (Wildman–Crippen LogP) is 1.61. The number of halogens is 2. The molecule has 1 aliphatic rings. The van der Waals surface area contributed by atoms with Crippen molar-refractivity contribution in [2.45, 2.75) is 12.5 Å². The van der Waals surface area contributed by atoms with Gasteiger partial charge in [-0.05, 0) is 5.56 Å². The summed E-state index contributed by atoms with van der Waals surface area (Å²) in [5.74, 6) is 1.20. The number of hydrogen-bond donors (Lipinski definition) is 3. The molecule has 3 heterocycles. The smallest absolute Gasteiger partial charge is 0.179 e. The molecule has 0 amide bonds. The van der Waals surface area contributed by atoms with Crippen molar-refractivity contribution in [3.05, 3.63) is 34.1 Å². The summed E-state index contributed by atoms with van der Waals surface area (Å²) in [6.07, 6.45) is 3.66. The second kappa shape index (κ2) is 7.95. The first kappa shape index (κ1) is 19.0. The molecule has 0 atom stereocenters. The lowest BCUT2D eigenvalue weighted by molar-refractivity contribution is 0.268. The van der Waals surface area contributed by atoms with Crippen molar-refractivity contribution in [1.29, 1.82) is 5.26 Å². The van der Waals surface area contributed by atoms with Crippen LogP contribution in [0.15, 0.2) is 18.5 Å². The Bertz CT molecular complexity index is 1050. The fraction of sp³-hybridized carbons (Fsp3) is 0.353. The van der Waals surface area contributed by atoms with E-state index in [1.807, 2.05) is 16.8 Å². The number of nitriles is 1. The summed E-state index contributed by atoms with van der Waals surface area (Å²) in [6.45, 7) is 1.65. The molecule has 1 aliphatic heterocycles. The van der Waals surface area contributed by atoms with Gasteiger partial charge in [-0.15, -0.1) is 5.10 Å². The third-order valence-electron chi connectivity index (χ3n) is 4.61. The normalized spacial score (nSPS) is 14.6. The molecule has 0 radical (unpaired) electrons. The molecule has 0 unspecified atom stereocenters. The van der Waals surface area contributed by atoms with E-state index in [-0.39, 0.29) is 19.1 Å². The molecule has 1 saturated heterocycles. The van der Waals surface area contributed by atoms with Gasteiger partial charge in [0.05, 0.1) is 34.9 Å².